The highest BCUT2D eigenvalue weighted by atomic mass is 19.4. The third-order valence-electron chi connectivity index (χ3n) is 2.41. The lowest BCUT2D eigenvalue weighted by Gasteiger charge is -2.08. The molecule has 0 radical (unpaired) electrons. The minimum atomic E-state index is -4.36. The van der Waals surface area contributed by atoms with Crippen LogP contribution in [-0.4, -0.2) is 20.8 Å². The van der Waals surface area contributed by atoms with Crippen LogP contribution in [0.5, 0.6) is 0 Å². The van der Waals surface area contributed by atoms with Crippen molar-refractivity contribution in [3.8, 4) is 0 Å². The second-order valence-electron chi connectivity index (χ2n) is 3.95. The maximum Gasteiger partial charge on any atom is 0.416 e. The monoisotopic (exact) mass is 244 g/mol. The lowest BCUT2D eigenvalue weighted by atomic mass is 10.2. The number of aliphatic hydroxyl groups excluding tert-OH is 1. The van der Waals surface area contributed by atoms with Crippen LogP contribution >= 0.6 is 0 Å². The van der Waals surface area contributed by atoms with Crippen LogP contribution < -0.4 is 0 Å². The van der Waals surface area contributed by atoms with Crippen LogP contribution in [0.2, 0.25) is 0 Å². The van der Waals surface area contributed by atoms with E-state index in [2.05, 4.69) is 4.98 Å². The Labute approximate surface area is 95.5 Å². The molecule has 0 fully saturated rings. The van der Waals surface area contributed by atoms with Crippen LogP contribution in [0.25, 0.3) is 11.0 Å². The van der Waals surface area contributed by atoms with Gasteiger partial charge in [0.1, 0.15) is 0 Å². The third kappa shape index (κ3) is 2.41. The fourth-order valence-electron chi connectivity index (χ4n) is 1.67. The minimum Gasteiger partial charge on any atom is -0.392 e. The number of aromatic nitrogens is 2. The van der Waals surface area contributed by atoms with Crippen LogP contribution in [-0.2, 0) is 12.7 Å². The molecule has 0 aliphatic rings. The molecular formula is C11H11F3N2O. The molecule has 1 N–H and O–H groups in total. The van der Waals surface area contributed by atoms with Crippen molar-refractivity contribution in [1.29, 1.82) is 0 Å². The van der Waals surface area contributed by atoms with E-state index in [0.717, 1.165) is 12.1 Å². The quantitative estimate of drug-likeness (QED) is 0.881. The fourth-order valence-corrected chi connectivity index (χ4v) is 1.67. The number of imidazole rings is 1. The lowest BCUT2D eigenvalue weighted by Crippen LogP contribution is -2.10. The zero-order valence-corrected chi connectivity index (χ0v) is 9.07. The standard InChI is InChI=1S/C11H11F3N2O/c1-7(17)5-16-6-15-9-4-8(11(12,13)14)2-3-10(9)16/h2-4,6-7,17H,5H2,1H3. The summed E-state index contributed by atoms with van der Waals surface area (Å²) in [4.78, 5) is 3.90. The zero-order chi connectivity index (χ0) is 12.6. The van der Waals surface area contributed by atoms with Gasteiger partial charge in [-0.05, 0) is 25.1 Å². The number of aliphatic hydroxyl groups is 1. The van der Waals surface area contributed by atoms with Crippen molar-refractivity contribution < 1.29 is 18.3 Å². The van der Waals surface area contributed by atoms with Gasteiger partial charge >= 0.3 is 6.18 Å². The molecule has 1 unspecified atom stereocenters. The molecule has 2 aromatic rings. The Morgan fingerprint density at radius 2 is 2.12 bits per heavy atom. The number of halogens is 3. The van der Waals surface area contributed by atoms with E-state index in [1.165, 1.54) is 12.4 Å². The van der Waals surface area contributed by atoms with Crippen molar-refractivity contribution >= 4 is 11.0 Å². The first-order chi connectivity index (χ1) is 7.88. The second kappa shape index (κ2) is 4.03. The molecule has 1 aromatic heterocycles. The first-order valence-electron chi connectivity index (χ1n) is 5.08. The number of hydrogen-bond acceptors (Lipinski definition) is 2. The smallest absolute Gasteiger partial charge is 0.392 e. The molecule has 3 nitrogen and oxygen atoms in total. The summed E-state index contributed by atoms with van der Waals surface area (Å²) in [6, 6.07) is 3.39. The summed E-state index contributed by atoms with van der Waals surface area (Å²) >= 11 is 0. The molecule has 6 heteroatoms. The third-order valence-corrected chi connectivity index (χ3v) is 2.41. The number of benzene rings is 1. The molecule has 2 rings (SSSR count). The van der Waals surface area contributed by atoms with Gasteiger partial charge in [0, 0.05) is 6.54 Å². The largest absolute Gasteiger partial charge is 0.416 e. The number of hydrogen-bond donors (Lipinski definition) is 1. The van der Waals surface area contributed by atoms with Gasteiger partial charge in [0.25, 0.3) is 0 Å². The van der Waals surface area contributed by atoms with Crippen LogP contribution in [0.1, 0.15) is 12.5 Å². The van der Waals surface area contributed by atoms with Crippen molar-refractivity contribution in [3.63, 3.8) is 0 Å². The Bertz CT molecular complexity index is 531. The molecule has 1 heterocycles. The molecule has 0 aliphatic carbocycles. The second-order valence-corrected chi connectivity index (χ2v) is 3.95. The maximum atomic E-state index is 12.5. The minimum absolute atomic E-state index is 0.278. The van der Waals surface area contributed by atoms with Crippen LogP contribution in [0.15, 0.2) is 24.5 Å². The van der Waals surface area contributed by atoms with E-state index in [9.17, 15) is 18.3 Å². The average molecular weight is 244 g/mol. The summed E-state index contributed by atoms with van der Waals surface area (Å²) in [6.45, 7) is 1.91. The highest BCUT2D eigenvalue weighted by molar-refractivity contribution is 5.76. The van der Waals surface area contributed by atoms with Crippen LogP contribution in [0.3, 0.4) is 0 Å². The number of rotatable bonds is 2. The van der Waals surface area contributed by atoms with Crippen molar-refractivity contribution in [2.24, 2.45) is 0 Å². The number of alkyl halides is 3. The van der Waals surface area contributed by atoms with Gasteiger partial charge in [0.15, 0.2) is 0 Å². The predicted molar refractivity (Wildman–Crippen MR) is 56.4 cm³/mol. The Balaban J connectivity index is 2.45. The first-order valence-corrected chi connectivity index (χ1v) is 5.08. The van der Waals surface area contributed by atoms with Crippen molar-refractivity contribution in [3.05, 3.63) is 30.1 Å². The molecule has 0 bridgehead atoms. The van der Waals surface area contributed by atoms with E-state index in [4.69, 9.17) is 0 Å². The van der Waals surface area contributed by atoms with E-state index >= 15 is 0 Å². The van der Waals surface area contributed by atoms with Crippen molar-refractivity contribution in [1.82, 2.24) is 9.55 Å². The SMILES string of the molecule is CC(O)Cn1cnc2cc(C(F)(F)F)ccc21. The molecule has 17 heavy (non-hydrogen) atoms. The summed E-state index contributed by atoms with van der Waals surface area (Å²) in [7, 11) is 0. The normalized spacial score (nSPS) is 14.2. The molecule has 0 aliphatic heterocycles. The Morgan fingerprint density at radius 1 is 1.41 bits per heavy atom. The van der Waals surface area contributed by atoms with E-state index < -0.39 is 17.8 Å². The lowest BCUT2D eigenvalue weighted by molar-refractivity contribution is -0.137. The van der Waals surface area contributed by atoms with Crippen LogP contribution in [0, 0.1) is 0 Å². The predicted octanol–water partition coefficient (Wildman–Crippen LogP) is 2.44. The topological polar surface area (TPSA) is 38.0 Å². The summed E-state index contributed by atoms with van der Waals surface area (Å²) in [5, 5.41) is 9.24. The van der Waals surface area contributed by atoms with Crippen molar-refractivity contribution in [2.45, 2.75) is 25.7 Å². The average Bonchev–Trinajstić information content (AvgIpc) is 2.59. The van der Waals surface area contributed by atoms with Gasteiger partial charge in [0.2, 0.25) is 0 Å². The fraction of sp³-hybridized carbons (Fsp3) is 0.364. The number of fused-ring (bicyclic) bond motifs is 1. The molecule has 0 spiro atoms. The van der Waals surface area contributed by atoms with Gasteiger partial charge < -0.3 is 9.67 Å². The van der Waals surface area contributed by atoms with Gasteiger partial charge in [-0.15, -0.1) is 0 Å². The molecule has 1 aromatic carbocycles. The summed E-state index contributed by atoms with van der Waals surface area (Å²) in [6.07, 6.45) is -3.51. The van der Waals surface area contributed by atoms with E-state index in [-0.39, 0.29) is 5.52 Å². The van der Waals surface area contributed by atoms with E-state index in [0.29, 0.717) is 12.1 Å². The van der Waals surface area contributed by atoms with Gasteiger partial charge in [-0.3, -0.25) is 0 Å². The van der Waals surface area contributed by atoms with Crippen molar-refractivity contribution in [2.75, 3.05) is 0 Å². The molecular weight excluding hydrogens is 233 g/mol. The van der Waals surface area contributed by atoms with E-state index in [1.54, 1.807) is 11.5 Å². The first kappa shape index (κ1) is 11.9. The van der Waals surface area contributed by atoms with Gasteiger partial charge in [-0.1, -0.05) is 0 Å². The summed E-state index contributed by atoms with van der Waals surface area (Å²) < 4.78 is 39.0. The summed E-state index contributed by atoms with van der Waals surface area (Å²) in [5.74, 6) is 0. The zero-order valence-electron chi connectivity index (χ0n) is 9.07. The highest BCUT2D eigenvalue weighted by Gasteiger charge is 2.30. The molecule has 0 saturated heterocycles. The molecule has 92 valence electrons. The summed E-state index contributed by atoms with van der Waals surface area (Å²) in [5.41, 5.74) is 0.145. The van der Waals surface area contributed by atoms with Gasteiger partial charge in [-0.25, -0.2) is 4.98 Å². The van der Waals surface area contributed by atoms with Gasteiger partial charge in [0.05, 0.1) is 29.0 Å². The van der Waals surface area contributed by atoms with Crippen LogP contribution in [0.4, 0.5) is 13.2 Å². The highest BCUT2D eigenvalue weighted by Crippen LogP contribution is 2.31. The molecule has 0 saturated carbocycles. The molecule has 0 amide bonds. The Hall–Kier alpha value is -1.56. The molecule has 1 atom stereocenters. The van der Waals surface area contributed by atoms with Gasteiger partial charge in [-0.2, -0.15) is 13.2 Å². The van der Waals surface area contributed by atoms with E-state index in [1.807, 2.05) is 0 Å². The Kier molecular flexibility index (Phi) is 2.82. The maximum absolute atomic E-state index is 12.5. The Morgan fingerprint density at radius 3 is 2.71 bits per heavy atom. The number of nitrogens with zero attached hydrogens (tertiary/aromatic N) is 2.